The van der Waals surface area contributed by atoms with Gasteiger partial charge in [-0.05, 0) is 69.3 Å². The second-order valence-corrected chi connectivity index (χ2v) is 9.89. The summed E-state index contributed by atoms with van der Waals surface area (Å²) < 4.78 is 46.4. The summed E-state index contributed by atoms with van der Waals surface area (Å²) in [6.07, 6.45) is -2.00. The van der Waals surface area contributed by atoms with Crippen molar-refractivity contribution in [3.8, 4) is 11.5 Å². The number of imidazole rings is 1. The summed E-state index contributed by atoms with van der Waals surface area (Å²) in [5.74, 6) is 1.81. The molecule has 0 aliphatic carbocycles. The van der Waals surface area contributed by atoms with Crippen molar-refractivity contribution in [3.63, 3.8) is 0 Å². The molecule has 2 aromatic carbocycles. The molecule has 1 saturated heterocycles. The van der Waals surface area contributed by atoms with Gasteiger partial charge in [-0.2, -0.15) is 13.2 Å². The molecule has 0 unspecified atom stereocenters. The molecule has 1 aliphatic rings. The normalized spacial score (nSPS) is 16.1. The highest BCUT2D eigenvalue weighted by Crippen LogP contribution is 2.32. The number of hydrogen-bond donors (Lipinski definition) is 2. The minimum Gasteiger partial charge on any atom is -0.457 e. The van der Waals surface area contributed by atoms with Crippen molar-refractivity contribution in [3.05, 3.63) is 66.4 Å². The molecule has 1 amide bonds. The van der Waals surface area contributed by atoms with Crippen LogP contribution in [0.3, 0.4) is 0 Å². The number of carbonyl (C=O) groups is 1. The van der Waals surface area contributed by atoms with E-state index in [2.05, 4.69) is 39.3 Å². The van der Waals surface area contributed by atoms with Crippen LogP contribution in [-0.2, 0) is 18.0 Å². The molecule has 1 fully saturated rings. The largest absolute Gasteiger partial charge is 0.457 e. The fourth-order valence-corrected chi connectivity index (χ4v) is 4.60. The number of anilines is 3. The first kappa shape index (κ1) is 26.5. The lowest BCUT2D eigenvalue weighted by Crippen LogP contribution is -2.31. The molecule has 5 rings (SSSR count). The highest BCUT2D eigenvalue weighted by Gasteiger charge is 2.30. The van der Waals surface area contributed by atoms with Gasteiger partial charge >= 0.3 is 6.18 Å². The summed E-state index contributed by atoms with van der Waals surface area (Å²) in [5, 5.41) is 5.96. The molecule has 4 aromatic rings. The lowest BCUT2D eigenvalue weighted by molar-refractivity contribution is -0.137. The molecular formula is C28H29F3N6O2. The molecule has 8 nitrogen and oxygen atoms in total. The summed E-state index contributed by atoms with van der Waals surface area (Å²) in [6, 6.07) is 14.0. The van der Waals surface area contributed by atoms with E-state index in [-0.39, 0.29) is 11.8 Å². The number of amides is 1. The molecule has 0 spiro atoms. The van der Waals surface area contributed by atoms with E-state index in [0.29, 0.717) is 40.5 Å². The van der Waals surface area contributed by atoms with Crippen molar-refractivity contribution in [1.29, 1.82) is 0 Å². The Morgan fingerprint density at radius 3 is 2.51 bits per heavy atom. The third kappa shape index (κ3) is 5.98. The number of pyridine rings is 1. The number of alkyl halides is 3. The molecule has 3 heterocycles. The first-order valence-corrected chi connectivity index (χ1v) is 12.7. The number of rotatable bonds is 7. The topological polar surface area (TPSA) is 84.3 Å². The van der Waals surface area contributed by atoms with E-state index in [1.165, 1.54) is 12.1 Å². The lowest BCUT2D eigenvalue weighted by Gasteiger charge is -2.19. The third-order valence-electron chi connectivity index (χ3n) is 6.86. The monoisotopic (exact) mass is 538 g/mol. The van der Waals surface area contributed by atoms with Gasteiger partial charge in [-0.15, -0.1) is 0 Å². The molecule has 0 bridgehead atoms. The van der Waals surface area contributed by atoms with Gasteiger partial charge in [0.1, 0.15) is 17.3 Å². The molecule has 11 heteroatoms. The fraction of sp³-hybridized carbons (Fsp3) is 0.321. The second-order valence-electron chi connectivity index (χ2n) is 9.89. The number of nitrogens with zero attached hydrogens (tertiary/aromatic N) is 4. The average Bonchev–Trinajstić information content (AvgIpc) is 3.50. The van der Waals surface area contributed by atoms with E-state index in [4.69, 9.17) is 4.74 Å². The van der Waals surface area contributed by atoms with Crippen molar-refractivity contribution >= 4 is 34.4 Å². The van der Waals surface area contributed by atoms with E-state index < -0.39 is 11.7 Å². The van der Waals surface area contributed by atoms with Gasteiger partial charge in [0.15, 0.2) is 0 Å². The number of aryl methyl sites for hydroxylation is 1. The Morgan fingerprint density at radius 2 is 1.82 bits per heavy atom. The third-order valence-corrected chi connectivity index (χ3v) is 6.86. The molecule has 2 N–H and O–H groups in total. The van der Waals surface area contributed by atoms with Gasteiger partial charge in [0.05, 0.1) is 22.5 Å². The van der Waals surface area contributed by atoms with Crippen LogP contribution in [-0.4, -0.2) is 44.5 Å². The Kier molecular flexibility index (Phi) is 7.17. The van der Waals surface area contributed by atoms with Gasteiger partial charge in [-0.3, -0.25) is 4.79 Å². The molecule has 0 radical (unpaired) electrons. The molecule has 2 aromatic heterocycles. The molecule has 39 heavy (non-hydrogen) atoms. The number of carbonyl (C=O) groups excluding carboxylic acids is 1. The van der Waals surface area contributed by atoms with Crippen LogP contribution in [0.5, 0.6) is 11.5 Å². The van der Waals surface area contributed by atoms with Gasteiger partial charge in [-0.1, -0.05) is 0 Å². The SMILES string of the molecule is CC(C)N1CC[C@@H](C(=O)Nc2cc(Oc3ccc4c(c3)nc(Nc3ccc(C(F)(F)F)cc3)n4C)ccn2)C1. The van der Waals surface area contributed by atoms with Crippen LogP contribution in [0.15, 0.2) is 60.8 Å². The predicted octanol–water partition coefficient (Wildman–Crippen LogP) is 6.19. The first-order chi connectivity index (χ1) is 18.6. The maximum atomic E-state index is 12.9. The molecule has 0 saturated carbocycles. The Balaban J connectivity index is 1.26. The second kappa shape index (κ2) is 10.6. The minimum atomic E-state index is -4.39. The first-order valence-electron chi connectivity index (χ1n) is 12.7. The van der Waals surface area contributed by atoms with E-state index in [0.717, 1.165) is 37.2 Å². The number of halogens is 3. The van der Waals surface area contributed by atoms with E-state index >= 15 is 0 Å². The minimum absolute atomic E-state index is 0.0502. The summed E-state index contributed by atoms with van der Waals surface area (Å²) in [4.78, 5) is 23.9. The predicted molar refractivity (Wildman–Crippen MR) is 143 cm³/mol. The maximum absolute atomic E-state index is 12.9. The van der Waals surface area contributed by atoms with Crippen LogP contribution < -0.4 is 15.4 Å². The number of fused-ring (bicyclic) bond motifs is 1. The van der Waals surface area contributed by atoms with Crippen molar-refractivity contribution in [2.24, 2.45) is 13.0 Å². The van der Waals surface area contributed by atoms with Gasteiger partial charge in [-0.25, -0.2) is 9.97 Å². The number of nitrogens with one attached hydrogen (secondary N) is 2. The Bertz CT molecular complexity index is 1480. The lowest BCUT2D eigenvalue weighted by atomic mass is 10.1. The smallest absolute Gasteiger partial charge is 0.416 e. The van der Waals surface area contributed by atoms with Crippen molar-refractivity contribution in [2.45, 2.75) is 32.5 Å². The number of ether oxygens (including phenoxy) is 1. The molecular weight excluding hydrogens is 509 g/mol. The highest BCUT2D eigenvalue weighted by atomic mass is 19.4. The van der Waals surface area contributed by atoms with Crippen LogP contribution in [0.1, 0.15) is 25.8 Å². The van der Waals surface area contributed by atoms with E-state index in [1.807, 2.05) is 13.1 Å². The van der Waals surface area contributed by atoms with Gasteiger partial charge in [0, 0.05) is 43.7 Å². The van der Waals surface area contributed by atoms with Crippen molar-refractivity contribution < 1.29 is 22.7 Å². The van der Waals surface area contributed by atoms with Crippen LogP contribution in [0.25, 0.3) is 11.0 Å². The zero-order valence-corrected chi connectivity index (χ0v) is 21.8. The fourth-order valence-electron chi connectivity index (χ4n) is 4.60. The molecule has 1 aliphatic heterocycles. The highest BCUT2D eigenvalue weighted by molar-refractivity contribution is 5.92. The van der Waals surface area contributed by atoms with Crippen LogP contribution >= 0.6 is 0 Å². The number of benzene rings is 2. The van der Waals surface area contributed by atoms with E-state index in [1.54, 1.807) is 35.0 Å². The zero-order valence-electron chi connectivity index (χ0n) is 21.8. The number of aromatic nitrogens is 3. The molecule has 1 atom stereocenters. The van der Waals surface area contributed by atoms with Gasteiger partial charge in [0.2, 0.25) is 11.9 Å². The van der Waals surface area contributed by atoms with Crippen LogP contribution in [0.2, 0.25) is 0 Å². The average molecular weight is 539 g/mol. The van der Waals surface area contributed by atoms with Crippen molar-refractivity contribution in [1.82, 2.24) is 19.4 Å². The quantitative estimate of drug-likeness (QED) is 0.292. The van der Waals surface area contributed by atoms with E-state index in [9.17, 15) is 18.0 Å². The summed E-state index contributed by atoms with van der Waals surface area (Å²) in [6.45, 7) is 5.90. The summed E-state index contributed by atoms with van der Waals surface area (Å²) in [5.41, 5.74) is 1.23. The molecule has 204 valence electrons. The van der Waals surface area contributed by atoms with Crippen LogP contribution in [0, 0.1) is 5.92 Å². The van der Waals surface area contributed by atoms with Gasteiger partial charge in [0.25, 0.3) is 0 Å². The Labute approximate surface area is 223 Å². The summed E-state index contributed by atoms with van der Waals surface area (Å²) >= 11 is 0. The summed E-state index contributed by atoms with van der Waals surface area (Å²) in [7, 11) is 1.81. The Morgan fingerprint density at radius 1 is 1.08 bits per heavy atom. The standard InChI is InChI=1S/C28H29F3N6O2/c1-17(2)37-13-11-18(16-37)26(38)35-25-15-22(10-12-32-25)39-21-8-9-24-23(14-21)34-27(36(24)3)33-20-6-4-19(5-7-20)28(29,30)31/h4-10,12,14-15,17-18H,11,13,16H2,1-3H3,(H,33,34)(H,32,35,38)/t18-/m1/s1. The Hall–Kier alpha value is -4.12. The number of likely N-dealkylation sites (tertiary alicyclic amines) is 1. The number of hydrogen-bond acceptors (Lipinski definition) is 6. The van der Waals surface area contributed by atoms with Gasteiger partial charge < -0.3 is 24.8 Å². The zero-order chi connectivity index (χ0) is 27.7. The van der Waals surface area contributed by atoms with Crippen LogP contribution in [0.4, 0.5) is 30.6 Å². The van der Waals surface area contributed by atoms with Crippen molar-refractivity contribution in [2.75, 3.05) is 23.7 Å². The maximum Gasteiger partial charge on any atom is 0.416 e.